The maximum absolute atomic E-state index is 11.7. The van der Waals surface area contributed by atoms with Gasteiger partial charge in [-0.25, -0.2) is 0 Å². The molecular formula is C10H13BN2O5. The predicted molar refractivity (Wildman–Crippen MR) is 65.5 cm³/mol. The first kappa shape index (κ1) is 14.1. The lowest BCUT2D eigenvalue weighted by atomic mass is 9.78. The Labute approximate surface area is 104 Å². The molecule has 0 atom stereocenters. The molecule has 0 aliphatic carbocycles. The molecule has 0 aliphatic rings. The quantitative estimate of drug-likeness (QED) is 0.376. The number of amides is 1. The zero-order valence-corrected chi connectivity index (χ0v) is 9.95. The summed E-state index contributed by atoms with van der Waals surface area (Å²) in [6, 6.07) is 3.38. The highest BCUT2D eigenvalue weighted by Crippen LogP contribution is 2.12. The first-order valence-corrected chi connectivity index (χ1v) is 5.28. The van der Waals surface area contributed by atoms with Crippen molar-refractivity contribution in [1.29, 1.82) is 0 Å². The average molecular weight is 252 g/mol. The molecule has 0 saturated heterocycles. The van der Waals surface area contributed by atoms with E-state index in [4.69, 9.17) is 10.0 Å². The molecule has 0 bridgehead atoms. The zero-order valence-electron chi connectivity index (χ0n) is 9.95. The number of carbonyl (C=O) groups excluding carboxylic acids is 1. The Bertz CT molecular complexity index is 475. The third kappa shape index (κ3) is 3.28. The van der Waals surface area contributed by atoms with Gasteiger partial charge in [0.25, 0.3) is 11.6 Å². The second-order valence-corrected chi connectivity index (χ2v) is 4.03. The van der Waals surface area contributed by atoms with E-state index in [-0.39, 0.29) is 17.1 Å². The standard InChI is InChI=1S/C10H13BN2O5/c1-6(2)12-10(14)7-3-4-8(11(15)16)9(5-7)13(17)18/h3-6,15-16H,1-2H3,(H,12,14). The lowest BCUT2D eigenvalue weighted by Crippen LogP contribution is -2.34. The minimum absolute atomic E-state index is 0.0970. The molecule has 0 aromatic heterocycles. The number of hydrogen-bond donors (Lipinski definition) is 3. The molecule has 0 spiro atoms. The second kappa shape index (κ2) is 5.61. The molecule has 0 heterocycles. The van der Waals surface area contributed by atoms with E-state index in [0.29, 0.717) is 0 Å². The van der Waals surface area contributed by atoms with E-state index < -0.39 is 23.6 Å². The van der Waals surface area contributed by atoms with E-state index >= 15 is 0 Å². The fraction of sp³-hybridized carbons (Fsp3) is 0.300. The van der Waals surface area contributed by atoms with Crippen molar-refractivity contribution in [2.24, 2.45) is 0 Å². The first-order chi connectivity index (χ1) is 8.32. The van der Waals surface area contributed by atoms with Gasteiger partial charge in [0.15, 0.2) is 0 Å². The van der Waals surface area contributed by atoms with Crippen LogP contribution in [0, 0.1) is 10.1 Å². The summed E-state index contributed by atoms with van der Waals surface area (Å²) in [5.74, 6) is -0.452. The molecule has 1 rings (SSSR count). The second-order valence-electron chi connectivity index (χ2n) is 4.03. The van der Waals surface area contributed by atoms with Gasteiger partial charge in [0, 0.05) is 17.7 Å². The molecule has 0 unspecified atom stereocenters. The van der Waals surface area contributed by atoms with Gasteiger partial charge in [-0.1, -0.05) is 6.07 Å². The monoisotopic (exact) mass is 252 g/mol. The van der Waals surface area contributed by atoms with Crippen LogP contribution in [0.15, 0.2) is 18.2 Å². The Morgan fingerprint density at radius 2 is 2.06 bits per heavy atom. The van der Waals surface area contributed by atoms with E-state index in [1.54, 1.807) is 13.8 Å². The molecule has 8 heteroatoms. The summed E-state index contributed by atoms with van der Waals surface area (Å²) in [6.07, 6.45) is 0. The van der Waals surface area contributed by atoms with Gasteiger partial charge < -0.3 is 15.4 Å². The lowest BCUT2D eigenvalue weighted by molar-refractivity contribution is -0.383. The zero-order chi connectivity index (χ0) is 13.9. The highest BCUT2D eigenvalue weighted by Gasteiger charge is 2.25. The third-order valence-corrected chi connectivity index (χ3v) is 2.19. The van der Waals surface area contributed by atoms with E-state index in [1.807, 2.05) is 0 Å². The van der Waals surface area contributed by atoms with Crippen LogP contribution in [0.4, 0.5) is 5.69 Å². The maximum atomic E-state index is 11.7. The maximum Gasteiger partial charge on any atom is 0.495 e. The van der Waals surface area contributed by atoms with Gasteiger partial charge in [0.1, 0.15) is 0 Å². The van der Waals surface area contributed by atoms with Crippen LogP contribution >= 0.6 is 0 Å². The lowest BCUT2D eigenvalue weighted by Gasteiger charge is -2.09. The fourth-order valence-electron chi connectivity index (χ4n) is 1.41. The molecule has 1 amide bonds. The Kier molecular flexibility index (Phi) is 4.41. The van der Waals surface area contributed by atoms with Crippen LogP contribution in [0.3, 0.4) is 0 Å². The van der Waals surface area contributed by atoms with Crippen LogP contribution in [0.1, 0.15) is 24.2 Å². The number of nitrogens with zero attached hydrogens (tertiary/aromatic N) is 1. The number of nitrogens with one attached hydrogen (secondary N) is 1. The summed E-state index contributed by atoms with van der Waals surface area (Å²) >= 11 is 0. The van der Waals surface area contributed by atoms with Gasteiger partial charge in [0.2, 0.25) is 0 Å². The van der Waals surface area contributed by atoms with Crippen molar-refractivity contribution in [3.05, 3.63) is 33.9 Å². The summed E-state index contributed by atoms with van der Waals surface area (Å²) in [5, 5.41) is 31.3. The molecule has 1 aromatic rings. The molecule has 0 radical (unpaired) electrons. The van der Waals surface area contributed by atoms with Crippen LogP contribution < -0.4 is 10.8 Å². The number of hydrogen-bond acceptors (Lipinski definition) is 5. The molecular weight excluding hydrogens is 239 g/mol. The molecule has 1 aromatic carbocycles. The fourth-order valence-corrected chi connectivity index (χ4v) is 1.41. The van der Waals surface area contributed by atoms with E-state index in [2.05, 4.69) is 5.32 Å². The van der Waals surface area contributed by atoms with Gasteiger partial charge in [-0.05, 0) is 19.9 Å². The Hall–Kier alpha value is -1.93. The van der Waals surface area contributed by atoms with Crippen LogP contribution in [-0.4, -0.2) is 34.0 Å². The summed E-state index contributed by atoms with van der Waals surface area (Å²) in [6.45, 7) is 3.52. The third-order valence-electron chi connectivity index (χ3n) is 2.19. The predicted octanol–water partition coefficient (Wildman–Crippen LogP) is -0.587. The highest BCUT2D eigenvalue weighted by molar-refractivity contribution is 6.60. The number of benzene rings is 1. The van der Waals surface area contributed by atoms with Gasteiger partial charge in [-0.2, -0.15) is 0 Å². The minimum atomic E-state index is -1.95. The largest absolute Gasteiger partial charge is 0.495 e. The van der Waals surface area contributed by atoms with Gasteiger partial charge in [0.05, 0.1) is 10.4 Å². The smallest absolute Gasteiger partial charge is 0.423 e. The first-order valence-electron chi connectivity index (χ1n) is 5.28. The molecule has 3 N–H and O–H groups in total. The van der Waals surface area contributed by atoms with E-state index in [1.165, 1.54) is 6.07 Å². The molecule has 18 heavy (non-hydrogen) atoms. The Balaban J connectivity index is 3.15. The van der Waals surface area contributed by atoms with Gasteiger partial charge in [-0.3, -0.25) is 14.9 Å². The Morgan fingerprint density at radius 3 is 2.50 bits per heavy atom. The SMILES string of the molecule is CC(C)NC(=O)c1ccc(B(O)O)c([N+](=O)[O-])c1. The van der Waals surface area contributed by atoms with E-state index in [0.717, 1.165) is 12.1 Å². The molecule has 0 fully saturated rings. The topological polar surface area (TPSA) is 113 Å². The Morgan fingerprint density at radius 1 is 1.44 bits per heavy atom. The van der Waals surface area contributed by atoms with Crippen LogP contribution in [-0.2, 0) is 0 Å². The summed E-state index contributed by atoms with van der Waals surface area (Å²) < 4.78 is 0. The van der Waals surface area contributed by atoms with Crippen LogP contribution in [0.25, 0.3) is 0 Å². The van der Waals surface area contributed by atoms with Crippen LogP contribution in [0.5, 0.6) is 0 Å². The summed E-state index contributed by atoms with van der Waals surface area (Å²) in [7, 11) is -1.95. The van der Waals surface area contributed by atoms with E-state index in [9.17, 15) is 14.9 Å². The van der Waals surface area contributed by atoms with Crippen molar-refractivity contribution in [2.45, 2.75) is 19.9 Å². The van der Waals surface area contributed by atoms with Gasteiger partial charge >= 0.3 is 7.12 Å². The molecule has 0 saturated carbocycles. The summed E-state index contributed by atoms with van der Waals surface area (Å²) in [4.78, 5) is 21.7. The van der Waals surface area contributed by atoms with Crippen molar-refractivity contribution in [3.63, 3.8) is 0 Å². The molecule has 7 nitrogen and oxygen atoms in total. The molecule has 96 valence electrons. The number of rotatable bonds is 4. The molecule has 0 aliphatic heterocycles. The summed E-state index contributed by atoms with van der Waals surface area (Å²) in [5.41, 5.74) is -0.651. The van der Waals surface area contributed by atoms with Gasteiger partial charge in [-0.15, -0.1) is 0 Å². The van der Waals surface area contributed by atoms with Crippen molar-refractivity contribution >= 4 is 24.2 Å². The normalized spacial score (nSPS) is 10.3. The number of nitro groups is 1. The number of nitro benzene ring substituents is 1. The van der Waals surface area contributed by atoms with Crippen molar-refractivity contribution in [3.8, 4) is 0 Å². The van der Waals surface area contributed by atoms with Crippen molar-refractivity contribution in [1.82, 2.24) is 5.32 Å². The van der Waals surface area contributed by atoms with Crippen molar-refractivity contribution < 1.29 is 19.8 Å². The average Bonchev–Trinajstić information content (AvgIpc) is 2.26. The minimum Gasteiger partial charge on any atom is -0.423 e. The number of carbonyl (C=O) groups is 1. The van der Waals surface area contributed by atoms with Crippen molar-refractivity contribution in [2.75, 3.05) is 0 Å². The van der Waals surface area contributed by atoms with Crippen LogP contribution in [0.2, 0.25) is 0 Å². The highest BCUT2D eigenvalue weighted by atomic mass is 16.6.